The van der Waals surface area contributed by atoms with E-state index in [4.69, 9.17) is 17.3 Å². The van der Waals surface area contributed by atoms with Crippen molar-refractivity contribution in [3.05, 3.63) is 41.4 Å². The van der Waals surface area contributed by atoms with Crippen LogP contribution in [-0.2, 0) is 0 Å². The summed E-state index contributed by atoms with van der Waals surface area (Å²) in [6.45, 7) is 3.56. The van der Waals surface area contributed by atoms with Crippen LogP contribution in [0.2, 0.25) is 5.02 Å². The molecular formula is C11H12ClNO. The Bertz CT molecular complexity index is 360. The Hall–Kier alpha value is -1.28. The molecule has 0 atom stereocenters. The average Bonchev–Trinajstić information content (AvgIpc) is 2.14. The van der Waals surface area contributed by atoms with E-state index in [-0.39, 0.29) is 5.78 Å². The van der Waals surface area contributed by atoms with Crippen molar-refractivity contribution in [1.29, 1.82) is 0 Å². The molecule has 14 heavy (non-hydrogen) atoms. The van der Waals surface area contributed by atoms with E-state index in [1.165, 1.54) is 0 Å². The number of hydrogen-bond donors (Lipinski definition) is 1. The minimum Gasteiger partial charge on any atom is -0.398 e. The Morgan fingerprint density at radius 1 is 1.57 bits per heavy atom. The minimum atomic E-state index is 0.0269. The molecule has 1 aromatic rings. The number of benzene rings is 1. The van der Waals surface area contributed by atoms with Crippen LogP contribution in [0.4, 0.5) is 5.69 Å². The zero-order valence-corrected chi connectivity index (χ0v) is 8.55. The van der Waals surface area contributed by atoms with E-state index in [2.05, 4.69) is 6.58 Å². The Morgan fingerprint density at radius 3 is 2.86 bits per heavy atom. The summed E-state index contributed by atoms with van der Waals surface area (Å²) in [6, 6.07) is 4.91. The highest BCUT2D eigenvalue weighted by Crippen LogP contribution is 2.19. The molecule has 0 aliphatic carbocycles. The van der Waals surface area contributed by atoms with E-state index in [1.54, 1.807) is 24.3 Å². The highest BCUT2D eigenvalue weighted by atomic mass is 35.5. The second-order valence-corrected chi connectivity index (χ2v) is 3.42. The lowest BCUT2D eigenvalue weighted by atomic mass is 10.1. The van der Waals surface area contributed by atoms with Crippen LogP contribution in [0.5, 0.6) is 0 Å². The van der Waals surface area contributed by atoms with Gasteiger partial charge in [-0.1, -0.05) is 17.7 Å². The predicted octanol–water partition coefficient (Wildman–Crippen LogP) is 3.07. The van der Waals surface area contributed by atoms with Gasteiger partial charge < -0.3 is 5.73 Å². The molecule has 0 aromatic heterocycles. The summed E-state index contributed by atoms with van der Waals surface area (Å²) < 4.78 is 0. The van der Waals surface area contributed by atoms with Crippen LogP contribution < -0.4 is 5.73 Å². The molecular weight excluding hydrogens is 198 g/mol. The van der Waals surface area contributed by atoms with Crippen molar-refractivity contribution in [3.63, 3.8) is 0 Å². The Labute approximate surface area is 88.4 Å². The van der Waals surface area contributed by atoms with Gasteiger partial charge in [0.25, 0.3) is 0 Å². The van der Waals surface area contributed by atoms with E-state index in [1.807, 2.05) is 0 Å². The van der Waals surface area contributed by atoms with Gasteiger partial charge in [-0.25, -0.2) is 0 Å². The second-order valence-electron chi connectivity index (χ2n) is 2.98. The summed E-state index contributed by atoms with van der Waals surface area (Å²) in [4.78, 5) is 11.6. The summed E-state index contributed by atoms with van der Waals surface area (Å²) in [5, 5.41) is 0.544. The van der Waals surface area contributed by atoms with Crippen LogP contribution in [-0.4, -0.2) is 5.78 Å². The highest BCUT2D eigenvalue weighted by Gasteiger charge is 2.08. The van der Waals surface area contributed by atoms with E-state index in [0.29, 0.717) is 29.1 Å². The molecule has 2 nitrogen and oxygen atoms in total. The summed E-state index contributed by atoms with van der Waals surface area (Å²) >= 11 is 5.72. The largest absolute Gasteiger partial charge is 0.398 e. The van der Waals surface area contributed by atoms with Gasteiger partial charge in [-0.05, 0) is 24.6 Å². The number of nitrogens with two attached hydrogens (primary N) is 1. The average molecular weight is 210 g/mol. The van der Waals surface area contributed by atoms with E-state index >= 15 is 0 Å². The molecule has 0 aliphatic rings. The van der Waals surface area contributed by atoms with Crippen LogP contribution in [0.1, 0.15) is 23.2 Å². The van der Waals surface area contributed by atoms with Crippen LogP contribution >= 0.6 is 11.6 Å². The number of anilines is 1. The van der Waals surface area contributed by atoms with Crippen molar-refractivity contribution in [3.8, 4) is 0 Å². The number of carbonyl (C=O) groups excluding carboxylic acids is 1. The number of hydrogen-bond acceptors (Lipinski definition) is 2. The maximum atomic E-state index is 11.6. The summed E-state index contributed by atoms with van der Waals surface area (Å²) in [5.74, 6) is 0.0269. The molecule has 0 radical (unpaired) electrons. The molecule has 2 N–H and O–H groups in total. The maximum absolute atomic E-state index is 11.6. The third kappa shape index (κ3) is 2.60. The van der Waals surface area contributed by atoms with Gasteiger partial charge in [-0.2, -0.15) is 0 Å². The van der Waals surface area contributed by atoms with Gasteiger partial charge in [0.05, 0.1) is 0 Å². The van der Waals surface area contributed by atoms with E-state index in [0.717, 1.165) is 0 Å². The fraction of sp³-hybridized carbons (Fsp3) is 0.182. The quantitative estimate of drug-likeness (QED) is 0.471. The van der Waals surface area contributed by atoms with Crippen LogP contribution in [0, 0.1) is 0 Å². The summed E-state index contributed by atoms with van der Waals surface area (Å²) in [5.41, 5.74) is 6.64. The molecule has 1 aromatic carbocycles. The summed E-state index contributed by atoms with van der Waals surface area (Å²) in [6.07, 6.45) is 2.82. The molecule has 0 saturated heterocycles. The van der Waals surface area contributed by atoms with Gasteiger partial charge in [-0.3, -0.25) is 4.79 Å². The predicted molar refractivity (Wildman–Crippen MR) is 59.6 cm³/mol. The Morgan fingerprint density at radius 2 is 2.29 bits per heavy atom. The van der Waals surface area contributed by atoms with Crippen LogP contribution in [0.15, 0.2) is 30.9 Å². The summed E-state index contributed by atoms with van der Waals surface area (Å²) in [7, 11) is 0. The van der Waals surface area contributed by atoms with E-state index in [9.17, 15) is 4.79 Å². The number of allylic oxidation sites excluding steroid dienone is 1. The third-order valence-corrected chi connectivity index (χ3v) is 2.12. The second kappa shape index (κ2) is 4.82. The zero-order chi connectivity index (χ0) is 10.6. The number of rotatable bonds is 4. The molecule has 1 rings (SSSR count). The molecule has 74 valence electrons. The molecule has 3 heteroatoms. The number of ketones is 1. The first-order chi connectivity index (χ1) is 6.65. The first kappa shape index (κ1) is 10.8. The minimum absolute atomic E-state index is 0.0269. The fourth-order valence-corrected chi connectivity index (χ4v) is 1.34. The van der Waals surface area contributed by atoms with Gasteiger partial charge >= 0.3 is 0 Å². The van der Waals surface area contributed by atoms with Gasteiger partial charge in [-0.15, -0.1) is 6.58 Å². The molecule has 0 bridgehead atoms. The highest BCUT2D eigenvalue weighted by molar-refractivity contribution is 6.31. The molecule has 0 spiro atoms. The van der Waals surface area contributed by atoms with Gasteiger partial charge in [0.1, 0.15) is 0 Å². The first-order valence-electron chi connectivity index (χ1n) is 4.34. The molecule has 0 unspecified atom stereocenters. The van der Waals surface area contributed by atoms with Gasteiger partial charge in [0.2, 0.25) is 0 Å². The molecule has 0 heterocycles. The van der Waals surface area contributed by atoms with E-state index < -0.39 is 0 Å². The fourth-order valence-electron chi connectivity index (χ4n) is 1.16. The van der Waals surface area contributed by atoms with Crippen molar-refractivity contribution in [2.75, 3.05) is 5.73 Å². The number of carbonyl (C=O) groups is 1. The maximum Gasteiger partial charge on any atom is 0.165 e. The number of Topliss-reactive ketones (excluding diaryl/α,β-unsaturated/α-hetero) is 1. The van der Waals surface area contributed by atoms with Crippen molar-refractivity contribution in [2.45, 2.75) is 12.8 Å². The SMILES string of the molecule is C=CCCC(=O)c1ccc(Cl)cc1N. The van der Waals surface area contributed by atoms with Gasteiger partial charge in [0, 0.05) is 22.7 Å². The van der Waals surface area contributed by atoms with Crippen molar-refractivity contribution < 1.29 is 4.79 Å². The van der Waals surface area contributed by atoms with Crippen molar-refractivity contribution in [2.24, 2.45) is 0 Å². The topological polar surface area (TPSA) is 43.1 Å². The van der Waals surface area contributed by atoms with Crippen molar-refractivity contribution in [1.82, 2.24) is 0 Å². The molecule has 0 saturated carbocycles. The van der Waals surface area contributed by atoms with Crippen LogP contribution in [0.25, 0.3) is 0 Å². The Kier molecular flexibility index (Phi) is 3.72. The standard InChI is InChI=1S/C11H12ClNO/c1-2-3-4-11(14)9-6-5-8(12)7-10(9)13/h2,5-7H,1,3-4,13H2. The zero-order valence-electron chi connectivity index (χ0n) is 7.79. The van der Waals surface area contributed by atoms with Gasteiger partial charge in [0.15, 0.2) is 5.78 Å². The third-order valence-electron chi connectivity index (χ3n) is 1.89. The smallest absolute Gasteiger partial charge is 0.165 e. The van der Waals surface area contributed by atoms with Crippen LogP contribution in [0.3, 0.4) is 0 Å². The monoisotopic (exact) mass is 209 g/mol. The number of nitrogen functional groups attached to an aromatic ring is 1. The number of halogens is 1. The molecule has 0 aliphatic heterocycles. The molecule has 0 fully saturated rings. The normalized spacial score (nSPS) is 9.79. The lowest BCUT2D eigenvalue weighted by molar-refractivity contribution is 0.0984. The Balaban J connectivity index is 2.84. The lowest BCUT2D eigenvalue weighted by Crippen LogP contribution is -2.02. The molecule has 0 amide bonds. The van der Waals surface area contributed by atoms with Crippen molar-refractivity contribution >= 4 is 23.1 Å². The first-order valence-corrected chi connectivity index (χ1v) is 4.72. The lowest BCUT2D eigenvalue weighted by Gasteiger charge is -2.03.